The third-order valence-electron chi connectivity index (χ3n) is 3.89. The van der Waals surface area contributed by atoms with Crippen LogP contribution in [0.4, 0.5) is 4.79 Å². The number of hydrogen-bond acceptors (Lipinski definition) is 2. The zero-order valence-electron chi connectivity index (χ0n) is 12.5. The summed E-state index contributed by atoms with van der Waals surface area (Å²) in [6.07, 6.45) is 2.22. The fourth-order valence-corrected chi connectivity index (χ4v) is 2.76. The minimum atomic E-state index is -0.956. The Morgan fingerprint density at radius 3 is 2.67 bits per heavy atom. The zero-order valence-corrected chi connectivity index (χ0v) is 12.5. The van der Waals surface area contributed by atoms with Gasteiger partial charge in [-0.25, -0.2) is 9.59 Å². The lowest BCUT2D eigenvalue weighted by molar-refractivity contribution is -0.142. The number of amides is 2. The molecule has 2 N–H and O–H groups in total. The zero-order chi connectivity index (χ0) is 15.4. The van der Waals surface area contributed by atoms with Crippen molar-refractivity contribution in [2.75, 3.05) is 0 Å². The number of carbonyl (C=O) groups is 2. The van der Waals surface area contributed by atoms with Crippen molar-refractivity contribution in [3.63, 3.8) is 0 Å². The fourth-order valence-electron chi connectivity index (χ4n) is 2.76. The van der Waals surface area contributed by atoms with Crippen LogP contribution in [-0.4, -0.2) is 34.1 Å². The van der Waals surface area contributed by atoms with Gasteiger partial charge in [0.2, 0.25) is 0 Å². The number of nitrogens with one attached hydrogen (secondary N) is 1. The van der Waals surface area contributed by atoms with Gasteiger partial charge in [-0.05, 0) is 24.5 Å². The van der Waals surface area contributed by atoms with Crippen LogP contribution < -0.4 is 5.32 Å². The highest BCUT2D eigenvalue weighted by Crippen LogP contribution is 2.23. The van der Waals surface area contributed by atoms with E-state index in [0.29, 0.717) is 13.0 Å². The van der Waals surface area contributed by atoms with Crippen molar-refractivity contribution < 1.29 is 14.7 Å². The van der Waals surface area contributed by atoms with Gasteiger partial charge in [0.1, 0.15) is 6.04 Å². The number of aliphatic carboxylic acids is 1. The second kappa shape index (κ2) is 6.61. The van der Waals surface area contributed by atoms with Gasteiger partial charge in [-0.1, -0.05) is 37.6 Å². The van der Waals surface area contributed by atoms with Gasteiger partial charge in [0.15, 0.2) is 0 Å². The number of fused-ring (bicyclic) bond motifs is 1. The van der Waals surface area contributed by atoms with Gasteiger partial charge in [0.05, 0.1) is 0 Å². The lowest BCUT2D eigenvalue weighted by atomic mass is 9.94. The molecule has 0 aromatic heterocycles. The molecule has 1 heterocycles. The third kappa shape index (κ3) is 3.54. The Labute approximate surface area is 125 Å². The Hall–Kier alpha value is -2.04. The van der Waals surface area contributed by atoms with E-state index in [1.165, 1.54) is 4.90 Å². The number of urea groups is 1. The summed E-state index contributed by atoms with van der Waals surface area (Å²) in [6, 6.07) is 6.65. The monoisotopic (exact) mass is 290 g/mol. The largest absolute Gasteiger partial charge is 0.480 e. The summed E-state index contributed by atoms with van der Waals surface area (Å²) in [4.78, 5) is 25.3. The molecule has 1 aromatic carbocycles. The van der Waals surface area contributed by atoms with Crippen LogP contribution in [0.2, 0.25) is 0 Å². The van der Waals surface area contributed by atoms with Gasteiger partial charge < -0.3 is 15.3 Å². The fraction of sp³-hybridized carbons (Fsp3) is 0.500. The molecule has 0 spiro atoms. The topological polar surface area (TPSA) is 69.6 Å². The van der Waals surface area contributed by atoms with Crippen molar-refractivity contribution >= 4 is 12.0 Å². The highest BCUT2D eigenvalue weighted by atomic mass is 16.4. The van der Waals surface area contributed by atoms with Crippen LogP contribution in [0.25, 0.3) is 0 Å². The van der Waals surface area contributed by atoms with E-state index in [4.69, 9.17) is 0 Å². The molecule has 1 aromatic rings. The van der Waals surface area contributed by atoms with E-state index < -0.39 is 12.0 Å². The standard InChI is InChI=1S/C16H22N2O3/c1-3-6-11(2)17-16(21)18-10-13-8-5-4-7-12(13)9-14(18)15(19)20/h4-5,7-8,11,14H,3,6,9-10H2,1-2H3,(H,17,21)(H,19,20)/t11?,14-/m0/s1. The smallest absolute Gasteiger partial charge is 0.326 e. The molecule has 2 rings (SSSR count). The van der Waals surface area contributed by atoms with Crippen LogP contribution >= 0.6 is 0 Å². The Morgan fingerprint density at radius 2 is 2.05 bits per heavy atom. The van der Waals surface area contributed by atoms with Crippen molar-refractivity contribution in [2.24, 2.45) is 0 Å². The summed E-state index contributed by atoms with van der Waals surface area (Å²) in [6.45, 7) is 4.34. The van der Waals surface area contributed by atoms with Crippen molar-refractivity contribution in [3.05, 3.63) is 35.4 Å². The van der Waals surface area contributed by atoms with Crippen LogP contribution in [-0.2, 0) is 17.8 Å². The molecule has 0 fully saturated rings. The average Bonchev–Trinajstić information content (AvgIpc) is 2.45. The summed E-state index contributed by atoms with van der Waals surface area (Å²) >= 11 is 0. The van der Waals surface area contributed by atoms with Gasteiger partial charge in [0.25, 0.3) is 0 Å². The molecule has 0 saturated heterocycles. The number of hydrogen-bond donors (Lipinski definition) is 2. The normalized spacial score (nSPS) is 18.8. The molecule has 1 aliphatic rings. The maximum absolute atomic E-state index is 12.4. The Balaban J connectivity index is 2.16. The SMILES string of the molecule is CCCC(C)NC(=O)N1Cc2ccccc2C[C@H]1C(=O)O. The second-order valence-electron chi connectivity index (χ2n) is 5.59. The second-order valence-corrected chi connectivity index (χ2v) is 5.59. The first-order chi connectivity index (χ1) is 10.0. The number of carboxylic acid groups (broad SMARTS) is 1. The van der Waals surface area contributed by atoms with Crippen LogP contribution in [0.1, 0.15) is 37.8 Å². The molecule has 1 aliphatic heterocycles. The van der Waals surface area contributed by atoms with Gasteiger partial charge in [0, 0.05) is 19.0 Å². The van der Waals surface area contributed by atoms with E-state index >= 15 is 0 Å². The highest BCUT2D eigenvalue weighted by Gasteiger charge is 2.34. The molecular weight excluding hydrogens is 268 g/mol. The molecule has 2 amide bonds. The lowest BCUT2D eigenvalue weighted by Crippen LogP contribution is -2.53. The van der Waals surface area contributed by atoms with Crippen molar-refractivity contribution in [2.45, 2.75) is 51.7 Å². The number of carbonyl (C=O) groups excluding carboxylic acids is 1. The molecular formula is C16H22N2O3. The summed E-state index contributed by atoms with van der Waals surface area (Å²) in [5.41, 5.74) is 2.03. The summed E-state index contributed by atoms with van der Waals surface area (Å²) in [7, 11) is 0. The van der Waals surface area contributed by atoms with E-state index in [1.54, 1.807) is 0 Å². The minimum absolute atomic E-state index is 0.0501. The van der Waals surface area contributed by atoms with Crippen LogP contribution in [0.15, 0.2) is 24.3 Å². The van der Waals surface area contributed by atoms with Crippen molar-refractivity contribution in [1.29, 1.82) is 0 Å². The van der Waals surface area contributed by atoms with Crippen LogP contribution in [0.3, 0.4) is 0 Å². The molecule has 2 atom stereocenters. The first-order valence-electron chi connectivity index (χ1n) is 7.39. The van der Waals surface area contributed by atoms with Crippen LogP contribution in [0, 0.1) is 0 Å². The highest BCUT2D eigenvalue weighted by molar-refractivity contribution is 5.83. The van der Waals surface area contributed by atoms with E-state index in [-0.39, 0.29) is 12.1 Å². The molecule has 0 saturated carbocycles. The number of carboxylic acids is 1. The molecule has 0 radical (unpaired) electrons. The Kier molecular flexibility index (Phi) is 4.83. The maximum atomic E-state index is 12.4. The summed E-state index contributed by atoms with van der Waals surface area (Å²) < 4.78 is 0. The number of nitrogens with zero attached hydrogens (tertiary/aromatic N) is 1. The quantitative estimate of drug-likeness (QED) is 0.894. The molecule has 0 aliphatic carbocycles. The first-order valence-corrected chi connectivity index (χ1v) is 7.39. The first kappa shape index (κ1) is 15.4. The molecule has 1 unspecified atom stereocenters. The van der Waals surface area contributed by atoms with Gasteiger partial charge in [-0.2, -0.15) is 0 Å². The number of benzene rings is 1. The molecule has 21 heavy (non-hydrogen) atoms. The van der Waals surface area contributed by atoms with E-state index in [1.807, 2.05) is 31.2 Å². The third-order valence-corrected chi connectivity index (χ3v) is 3.89. The predicted octanol–water partition coefficient (Wildman–Crippen LogP) is 2.40. The van der Waals surface area contributed by atoms with Crippen molar-refractivity contribution in [1.82, 2.24) is 10.2 Å². The lowest BCUT2D eigenvalue weighted by Gasteiger charge is -2.35. The molecule has 114 valence electrons. The van der Waals surface area contributed by atoms with Crippen LogP contribution in [0.5, 0.6) is 0 Å². The van der Waals surface area contributed by atoms with E-state index in [0.717, 1.165) is 24.0 Å². The van der Waals surface area contributed by atoms with E-state index in [9.17, 15) is 14.7 Å². The Bertz CT molecular complexity index is 530. The predicted molar refractivity (Wildman–Crippen MR) is 80.0 cm³/mol. The molecule has 0 bridgehead atoms. The number of rotatable bonds is 4. The maximum Gasteiger partial charge on any atom is 0.326 e. The summed E-state index contributed by atoms with van der Waals surface area (Å²) in [5, 5.41) is 12.3. The van der Waals surface area contributed by atoms with E-state index in [2.05, 4.69) is 12.2 Å². The van der Waals surface area contributed by atoms with Crippen molar-refractivity contribution in [3.8, 4) is 0 Å². The average molecular weight is 290 g/mol. The molecule has 5 heteroatoms. The minimum Gasteiger partial charge on any atom is -0.480 e. The van der Waals surface area contributed by atoms with Gasteiger partial charge >= 0.3 is 12.0 Å². The summed E-state index contributed by atoms with van der Waals surface area (Å²) in [5.74, 6) is -0.956. The van der Waals surface area contributed by atoms with Gasteiger partial charge in [-0.3, -0.25) is 0 Å². The van der Waals surface area contributed by atoms with Gasteiger partial charge in [-0.15, -0.1) is 0 Å². The Morgan fingerprint density at radius 1 is 1.38 bits per heavy atom. The molecule has 5 nitrogen and oxygen atoms in total.